The zero-order valence-electron chi connectivity index (χ0n) is 8.25. The van der Waals surface area contributed by atoms with Gasteiger partial charge in [0.05, 0.1) is 12.9 Å². The molecular formula is C10H13FN2O. The maximum Gasteiger partial charge on any atom is 0.149 e. The fourth-order valence-corrected chi connectivity index (χ4v) is 0.939. The van der Waals surface area contributed by atoms with Gasteiger partial charge in [0.2, 0.25) is 0 Å². The van der Waals surface area contributed by atoms with Crippen LogP contribution in [-0.2, 0) is 0 Å². The molecule has 0 aliphatic heterocycles. The van der Waals surface area contributed by atoms with Crippen LogP contribution in [0.5, 0.6) is 5.75 Å². The average molecular weight is 196 g/mol. The van der Waals surface area contributed by atoms with Crippen LogP contribution in [-0.4, -0.2) is 12.9 Å². The molecule has 0 saturated carbocycles. The molecule has 1 aromatic carbocycles. The molecule has 14 heavy (non-hydrogen) atoms. The number of aliphatic imine (C=N–C) groups is 1. The molecule has 1 aromatic rings. The highest BCUT2D eigenvalue weighted by Gasteiger charge is 2.02. The molecule has 0 spiro atoms. The summed E-state index contributed by atoms with van der Waals surface area (Å²) in [6.45, 7) is 1.86. The Balaban J connectivity index is 3.06. The number of hydrogen-bond donors (Lipinski definition) is 1. The molecule has 0 amide bonds. The van der Waals surface area contributed by atoms with Crippen LogP contribution < -0.4 is 10.5 Å². The number of ether oxygens (including phenoxy) is 1. The third-order valence-corrected chi connectivity index (χ3v) is 1.78. The van der Waals surface area contributed by atoms with Crippen LogP contribution in [0.25, 0.3) is 0 Å². The summed E-state index contributed by atoms with van der Waals surface area (Å²) in [5, 5.41) is 0. The molecule has 0 unspecified atom stereocenters. The van der Waals surface area contributed by atoms with E-state index in [2.05, 4.69) is 4.99 Å². The lowest BCUT2D eigenvalue weighted by Gasteiger charge is -2.02. The van der Waals surface area contributed by atoms with Crippen molar-refractivity contribution in [2.24, 2.45) is 10.7 Å². The smallest absolute Gasteiger partial charge is 0.149 e. The molecule has 0 saturated heterocycles. The van der Waals surface area contributed by atoms with Crippen LogP contribution in [0.15, 0.2) is 23.2 Å². The van der Waals surface area contributed by atoms with Gasteiger partial charge >= 0.3 is 0 Å². The first-order chi connectivity index (χ1) is 6.67. The van der Waals surface area contributed by atoms with Crippen molar-refractivity contribution in [3.8, 4) is 5.75 Å². The Morgan fingerprint density at radius 1 is 1.57 bits per heavy atom. The van der Waals surface area contributed by atoms with Gasteiger partial charge < -0.3 is 10.5 Å². The molecule has 0 bridgehead atoms. The quantitative estimate of drug-likeness (QED) is 0.595. The van der Waals surface area contributed by atoms with Crippen molar-refractivity contribution in [2.45, 2.75) is 13.3 Å². The summed E-state index contributed by atoms with van der Waals surface area (Å²) in [5.41, 5.74) is 5.72. The number of nitrogens with two attached hydrogens (primary N) is 1. The molecule has 0 aliphatic rings. The van der Waals surface area contributed by atoms with Crippen molar-refractivity contribution in [2.75, 3.05) is 7.11 Å². The molecule has 0 fully saturated rings. The number of benzene rings is 1. The number of amidine groups is 1. The maximum atomic E-state index is 13.2. The normalized spacial score (nSPS) is 11.5. The van der Waals surface area contributed by atoms with Crippen LogP contribution in [0.2, 0.25) is 0 Å². The molecule has 0 heterocycles. The maximum absolute atomic E-state index is 13.2. The third-order valence-electron chi connectivity index (χ3n) is 1.78. The molecule has 76 valence electrons. The summed E-state index contributed by atoms with van der Waals surface area (Å²) in [7, 11) is 1.52. The van der Waals surface area contributed by atoms with E-state index >= 15 is 0 Å². The van der Waals surface area contributed by atoms with Crippen molar-refractivity contribution in [1.82, 2.24) is 0 Å². The van der Waals surface area contributed by atoms with Gasteiger partial charge in [-0.15, -0.1) is 0 Å². The summed E-state index contributed by atoms with van der Waals surface area (Å²) >= 11 is 0. The van der Waals surface area contributed by atoms with Crippen molar-refractivity contribution >= 4 is 11.5 Å². The Bertz CT molecular complexity index is 350. The number of hydrogen-bond acceptors (Lipinski definition) is 2. The van der Waals surface area contributed by atoms with Crippen LogP contribution in [0.4, 0.5) is 10.1 Å². The zero-order chi connectivity index (χ0) is 10.6. The van der Waals surface area contributed by atoms with E-state index in [9.17, 15) is 4.39 Å². The van der Waals surface area contributed by atoms with E-state index in [0.717, 1.165) is 0 Å². The highest BCUT2D eigenvalue weighted by Crippen LogP contribution is 2.23. The summed E-state index contributed by atoms with van der Waals surface area (Å²) in [5.74, 6) is 0.563. The lowest BCUT2D eigenvalue weighted by atomic mass is 10.3. The van der Waals surface area contributed by atoms with E-state index < -0.39 is 5.82 Å². The third kappa shape index (κ3) is 2.45. The van der Waals surface area contributed by atoms with Gasteiger partial charge in [-0.2, -0.15) is 0 Å². The van der Waals surface area contributed by atoms with Crippen molar-refractivity contribution < 1.29 is 9.13 Å². The average Bonchev–Trinajstić information content (AvgIpc) is 2.21. The zero-order valence-corrected chi connectivity index (χ0v) is 8.25. The van der Waals surface area contributed by atoms with E-state index in [1.54, 1.807) is 0 Å². The van der Waals surface area contributed by atoms with E-state index in [4.69, 9.17) is 10.5 Å². The standard InChI is InChI=1S/C10H13FN2O/c1-3-10(12)13-9-6-7(14-2)4-5-8(9)11/h4-6H,3H2,1-2H3,(H2,12,13). The van der Waals surface area contributed by atoms with Gasteiger partial charge in [-0.05, 0) is 12.1 Å². The fourth-order valence-electron chi connectivity index (χ4n) is 0.939. The fraction of sp³-hybridized carbons (Fsp3) is 0.300. The van der Waals surface area contributed by atoms with E-state index in [-0.39, 0.29) is 5.69 Å². The molecule has 3 nitrogen and oxygen atoms in total. The lowest BCUT2D eigenvalue weighted by molar-refractivity contribution is 0.414. The summed E-state index contributed by atoms with van der Waals surface area (Å²) < 4.78 is 18.1. The Hall–Kier alpha value is -1.58. The molecule has 4 heteroatoms. The second kappa shape index (κ2) is 4.60. The first-order valence-electron chi connectivity index (χ1n) is 4.34. The Morgan fingerprint density at radius 3 is 2.86 bits per heavy atom. The molecule has 0 aromatic heterocycles. The van der Waals surface area contributed by atoms with Gasteiger partial charge in [-0.1, -0.05) is 6.92 Å². The SMILES string of the molecule is CCC(N)=Nc1cc(OC)ccc1F. The van der Waals surface area contributed by atoms with Crippen LogP contribution in [0.1, 0.15) is 13.3 Å². The first-order valence-corrected chi connectivity index (χ1v) is 4.34. The van der Waals surface area contributed by atoms with Crippen molar-refractivity contribution in [1.29, 1.82) is 0 Å². The largest absolute Gasteiger partial charge is 0.497 e. The van der Waals surface area contributed by atoms with Gasteiger partial charge in [0.1, 0.15) is 17.3 Å². The molecule has 0 radical (unpaired) electrons. The summed E-state index contributed by atoms with van der Waals surface area (Å²) in [6, 6.07) is 4.36. The molecular weight excluding hydrogens is 183 g/mol. The number of nitrogens with zero attached hydrogens (tertiary/aromatic N) is 1. The van der Waals surface area contributed by atoms with Crippen LogP contribution >= 0.6 is 0 Å². The molecule has 2 N–H and O–H groups in total. The highest BCUT2D eigenvalue weighted by molar-refractivity contribution is 5.82. The van der Waals surface area contributed by atoms with Crippen molar-refractivity contribution in [3.05, 3.63) is 24.0 Å². The number of rotatable bonds is 3. The van der Waals surface area contributed by atoms with Crippen LogP contribution in [0, 0.1) is 5.82 Å². The van der Waals surface area contributed by atoms with Gasteiger partial charge in [0.15, 0.2) is 0 Å². The lowest BCUT2D eigenvalue weighted by Crippen LogP contribution is -2.08. The minimum Gasteiger partial charge on any atom is -0.497 e. The molecule has 1 rings (SSSR count). The second-order valence-corrected chi connectivity index (χ2v) is 2.77. The van der Waals surface area contributed by atoms with Gasteiger partial charge in [-0.3, -0.25) is 0 Å². The predicted molar refractivity (Wildman–Crippen MR) is 54.5 cm³/mol. The summed E-state index contributed by atoms with van der Waals surface area (Å²) in [4.78, 5) is 3.93. The van der Waals surface area contributed by atoms with E-state index in [1.165, 1.54) is 25.3 Å². The minimum absolute atomic E-state index is 0.212. The van der Waals surface area contributed by atoms with Crippen LogP contribution in [0.3, 0.4) is 0 Å². The second-order valence-electron chi connectivity index (χ2n) is 2.77. The highest BCUT2D eigenvalue weighted by atomic mass is 19.1. The first kappa shape index (κ1) is 10.5. The Labute approximate surface area is 82.4 Å². The predicted octanol–water partition coefficient (Wildman–Crippen LogP) is 2.23. The number of halogens is 1. The van der Waals surface area contributed by atoms with E-state index in [1.807, 2.05) is 6.92 Å². The monoisotopic (exact) mass is 196 g/mol. The Kier molecular flexibility index (Phi) is 3.45. The van der Waals surface area contributed by atoms with Gasteiger partial charge in [0.25, 0.3) is 0 Å². The minimum atomic E-state index is -0.401. The van der Waals surface area contributed by atoms with Gasteiger partial charge in [0, 0.05) is 12.5 Å². The number of methoxy groups -OCH3 is 1. The van der Waals surface area contributed by atoms with Gasteiger partial charge in [-0.25, -0.2) is 9.38 Å². The van der Waals surface area contributed by atoms with E-state index in [0.29, 0.717) is 18.0 Å². The topological polar surface area (TPSA) is 47.6 Å². The Morgan fingerprint density at radius 2 is 2.29 bits per heavy atom. The van der Waals surface area contributed by atoms with Crippen molar-refractivity contribution in [3.63, 3.8) is 0 Å². The molecule has 0 atom stereocenters. The summed E-state index contributed by atoms with van der Waals surface area (Å²) in [6.07, 6.45) is 0.594. The molecule has 0 aliphatic carbocycles.